The predicted octanol–water partition coefficient (Wildman–Crippen LogP) is 4.31. The van der Waals surface area contributed by atoms with Crippen LogP contribution in [0.15, 0.2) is 42.6 Å². The van der Waals surface area contributed by atoms with Gasteiger partial charge >= 0.3 is 0 Å². The van der Waals surface area contributed by atoms with Gasteiger partial charge in [-0.05, 0) is 37.5 Å². The molecule has 0 saturated carbocycles. The summed E-state index contributed by atoms with van der Waals surface area (Å²) in [5.74, 6) is 0. The van der Waals surface area contributed by atoms with Crippen LogP contribution in [-0.4, -0.2) is 27.9 Å². The third-order valence-corrected chi connectivity index (χ3v) is 6.02. The van der Waals surface area contributed by atoms with Crippen molar-refractivity contribution < 1.29 is 0 Å². The van der Waals surface area contributed by atoms with Crippen molar-refractivity contribution in [2.45, 2.75) is 45.7 Å². The largest absolute Gasteiger partial charge is 0.347 e. The van der Waals surface area contributed by atoms with Crippen molar-refractivity contribution in [2.75, 3.05) is 18.0 Å². The molecule has 0 aliphatic carbocycles. The number of hydrogen-bond donors (Lipinski definition) is 1. The minimum Gasteiger partial charge on any atom is -0.347 e. The SMILES string of the molecule is Cc1cccc(CNCc2cccn2-c2nnc(N3CCCCCC3)s2)c1. The van der Waals surface area contributed by atoms with Gasteiger partial charge in [-0.15, -0.1) is 10.2 Å². The third-order valence-electron chi connectivity index (χ3n) is 5.04. The number of benzene rings is 1. The van der Waals surface area contributed by atoms with E-state index in [0.717, 1.165) is 36.4 Å². The van der Waals surface area contributed by atoms with E-state index in [1.165, 1.54) is 42.5 Å². The fourth-order valence-corrected chi connectivity index (χ4v) is 4.51. The molecule has 3 aromatic rings. The number of aromatic nitrogens is 3. The van der Waals surface area contributed by atoms with E-state index >= 15 is 0 Å². The van der Waals surface area contributed by atoms with Crippen LogP contribution in [0.5, 0.6) is 0 Å². The molecule has 6 heteroatoms. The first kappa shape index (κ1) is 18.2. The molecule has 0 amide bonds. The molecule has 1 aliphatic rings. The number of rotatable bonds is 6. The first-order chi connectivity index (χ1) is 13.3. The number of nitrogens with one attached hydrogen (secondary N) is 1. The molecule has 1 aromatic carbocycles. The minimum atomic E-state index is 0.805. The van der Waals surface area contributed by atoms with E-state index in [4.69, 9.17) is 0 Å². The Kier molecular flexibility index (Phi) is 5.84. The second-order valence-electron chi connectivity index (χ2n) is 7.23. The highest BCUT2D eigenvalue weighted by Crippen LogP contribution is 2.26. The molecule has 1 fully saturated rings. The van der Waals surface area contributed by atoms with Gasteiger partial charge in [-0.1, -0.05) is 54.0 Å². The lowest BCUT2D eigenvalue weighted by atomic mass is 10.1. The first-order valence-corrected chi connectivity index (χ1v) is 10.6. The van der Waals surface area contributed by atoms with Crippen molar-refractivity contribution in [3.63, 3.8) is 0 Å². The summed E-state index contributed by atoms with van der Waals surface area (Å²) >= 11 is 1.69. The molecule has 5 nitrogen and oxygen atoms in total. The maximum atomic E-state index is 4.47. The summed E-state index contributed by atoms with van der Waals surface area (Å²) in [6, 6.07) is 12.9. The van der Waals surface area contributed by atoms with Gasteiger partial charge < -0.3 is 10.2 Å². The first-order valence-electron chi connectivity index (χ1n) is 9.81. The number of nitrogens with zero attached hydrogens (tertiary/aromatic N) is 4. The molecule has 0 bridgehead atoms. The van der Waals surface area contributed by atoms with Crippen molar-refractivity contribution in [2.24, 2.45) is 0 Å². The maximum Gasteiger partial charge on any atom is 0.218 e. The molecule has 1 aliphatic heterocycles. The Bertz CT molecular complexity index is 861. The average Bonchev–Trinajstić information content (AvgIpc) is 3.25. The van der Waals surface area contributed by atoms with Crippen LogP contribution in [0.25, 0.3) is 5.13 Å². The van der Waals surface area contributed by atoms with Crippen molar-refractivity contribution in [1.29, 1.82) is 0 Å². The summed E-state index contributed by atoms with van der Waals surface area (Å²) in [5.41, 5.74) is 3.82. The maximum absolute atomic E-state index is 4.47. The lowest BCUT2D eigenvalue weighted by molar-refractivity contribution is 0.668. The summed E-state index contributed by atoms with van der Waals surface area (Å²) in [4.78, 5) is 2.40. The highest BCUT2D eigenvalue weighted by molar-refractivity contribution is 7.17. The van der Waals surface area contributed by atoms with Gasteiger partial charge in [0.15, 0.2) is 0 Å². The van der Waals surface area contributed by atoms with Crippen LogP contribution in [0.1, 0.15) is 42.5 Å². The zero-order valence-corrected chi connectivity index (χ0v) is 16.7. The summed E-state index contributed by atoms with van der Waals surface area (Å²) in [6.07, 6.45) is 7.25. The Morgan fingerprint density at radius 2 is 1.78 bits per heavy atom. The van der Waals surface area contributed by atoms with Crippen molar-refractivity contribution in [1.82, 2.24) is 20.1 Å². The zero-order chi connectivity index (χ0) is 18.5. The Balaban J connectivity index is 1.41. The topological polar surface area (TPSA) is 46.0 Å². The number of aryl methyl sites for hydroxylation is 1. The average molecular weight is 382 g/mol. The van der Waals surface area contributed by atoms with Crippen LogP contribution in [-0.2, 0) is 13.1 Å². The van der Waals surface area contributed by atoms with Crippen molar-refractivity contribution >= 4 is 16.5 Å². The predicted molar refractivity (Wildman–Crippen MR) is 112 cm³/mol. The van der Waals surface area contributed by atoms with Crippen LogP contribution >= 0.6 is 11.3 Å². The van der Waals surface area contributed by atoms with Gasteiger partial charge in [0.2, 0.25) is 10.3 Å². The van der Waals surface area contributed by atoms with E-state index in [0.29, 0.717) is 0 Å². The Morgan fingerprint density at radius 1 is 0.963 bits per heavy atom. The second kappa shape index (κ2) is 8.67. The normalized spacial score (nSPS) is 15.1. The monoisotopic (exact) mass is 381 g/mol. The highest BCUT2D eigenvalue weighted by Gasteiger charge is 2.16. The van der Waals surface area contributed by atoms with E-state index in [2.05, 4.69) is 74.5 Å². The highest BCUT2D eigenvalue weighted by atomic mass is 32.1. The lowest BCUT2D eigenvalue weighted by Gasteiger charge is -2.17. The van der Waals surface area contributed by atoms with Gasteiger partial charge in [-0.3, -0.25) is 4.57 Å². The summed E-state index contributed by atoms with van der Waals surface area (Å²) < 4.78 is 2.15. The number of anilines is 1. The van der Waals surface area contributed by atoms with Crippen LogP contribution in [0.2, 0.25) is 0 Å². The summed E-state index contributed by atoms with van der Waals surface area (Å²) in [5, 5.41) is 14.5. The van der Waals surface area contributed by atoms with Gasteiger partial charge in [0, 0.05) is 38.1 Å². The van der Waals surface area contributed by atoms with Crippen LogP contribution in [0.4, 0.5) is 5.13 Å². The fraction of sp³-hybridized carbons (Fsp3) is 0.429. The smallest absolute Gasteiger partial charge is 0.218 e. The van der Waals surface area contributed by atoms with Crippen molar-refractivity contribution in [3.05, 3.63) is 59.4 Å². The molecule has 142 valence electrons. The molecule has 3 heterocycles. The van der Waals surface area contributed by atoms with Gasteiger partial charge in [-0.2, -0.15) is 0 Å². The molecule has 0 unspecified atom stereocenters. The molecule has 0 atom stereocenters. The molecule has 27 heavy (non-hydrogen) atoms. The molecule has 1 saturated heterocycles. The van der Waals surface area contributed by atoms with E-state index in [1.807, 2.05) is 0 Å². The Morgan fingerprint density at radius 3 is 2.59 bits per heavy atom. The molecule has 4 rings (SSSR count). The molecule has 0 spiro atoms. The van der Waals surface area contributed by atoms with Gasteiger partial charge in [0.1, 0.15) is 0 Å². The second-order valence-corrected chi connectivity index (χ2v) is 8.17. The molecule has 0 radical (unpaired) electrons. The van der Waals surface area contributed by atoms with E-state index in [9.17, 15) is 0 Å². The number of hydrogen-bond acceptors (Lipinski definition) is 5. The lowest BCUT2D eigenvalue weighted by Crippen LogP contribution is -2.23. The van der Waals surface area contributed by atoms with Gasteiger partial charge in [-0.25, -0.2) is 0 Å². The Hall–Kier alpha value is -2.18. The van der Waals surface area contributed by atoms with Gasteiger partial charge in [0.25, 0.3) is 0 Å². The molecular weight excluding hydrogens is 354 g/mol. The van der Waals surface area contributed by atoms with E-state index < -0.39 is 0 Å². The van der Waals surface area contributed by atoms with E-state index in [-0.39, 0.29) is 0 Å². The summed E-state index contributed by atoms with van der Waals surface area (Å²) in [6.45, 7) is 6.00. The van der Waals surface area contributed by atoms with Gasteiger partial charge in [0.05, 0.1) is 0 Å². The minimum absolute atomic E-state index is 0.805. The zero-order valence-electron chi connectivity index (χ0n) is 15.9. The van der Waals surface area contributed by atoms with Crippen molar-refractivity contribution in [3.8, 4) is 5.13 Å². The van der Waals surface area contributed by atoms with Crippen LogP contribution < -0.4 is 10.2 Å². The Labute approximate surface area is 165 Å². The third kappa shape index (κ3) is 4.57. The molecule has 2 aromatic heterocycles. The fourth-order valence-electron chi connectivity index (χ4n) is 3.60. The van der Waals surface area contributed by atoms with Crippen LogP contribution in [0, 0.1) is 6.92 Å². The quantitative estimate of drug-likeness (QED) is 0.691. The van der Waals surface area contributed by atoms with E-state index in [1.54, 1.807) is 11.3 Å². The summed E-state index contributed by atoms with van der Waals surface area (Å²) in [7, 11) is 0. The molecule has 1 N–H and O–H groups in total. The molecular formula is C21H27N5S. The van der Waals surface area contributed by atoms with Crippen LogP contribution in [0.3, 0.4) is 0 Å². The standard InChI is InChI=1S/C21H27N5S/c1-17-8-6-9-18(14-17)15-22-16-19-10-7-13-26(19)21-24-23-20(27-21)25-11-4-2-3-5-12-25/h6-10,13-14,22H,2-5,11-12,15-16H2,1H3.